The van der Waals surface area contributed by atoms with Crippen molar-refractivity contribution in [2.75, 3.05) is 0 Å². The van der Waals surface area contributed by atoms with E-state index in [1.807, 2.05) is 6.07 Å². The Morgan fingerprint density at radius 1 is 1.14 bits per heavy atom. The molecule has 2 aliphatic carbocycles. The van der Waals surface area contributed by atoms with Gasteiger partial charge in [0, 0.05) is 0 Å². The predicted octanol–water partition coefficient (Wildman–Crippen LogP) is 4.58. The molecule has 3 rings (SSSR count). The van der Waals surface area contributed by atoms with Crippen molar-refractivity contribution in [3.8, 4) is 0 Å². The molecular weight excluding hydrogens is 260 g/mol. The van der Waals surface area contributed by atoms with Gasteiger partial charge in [0.05, 0.1) is 12.2 Å². The van der Waals surface area contributed by atoms with Crippen LogP contribution in [-0.4, -0.2) is 17.3 Å². The number of ether oxygens (including phenoxy) is 1. The number of fused-ring (bicyclic) bond motifs is 1. The van der Waals surface area contributed by atoms with Crippen molar-refractivity contribution in [1.82, 2.24) is 0 Å². The highest BCUT2D eigenvalue weighted by Crippen LogP contribution is 2.40. The van der Waals surface area contributed by atoms with Crippen LogP contribution >= 0.6 is 0 Å². The third kappa shape index (κ3) is 3.17. The summed E-state index contributed by atoms with van der Waals surface area (Å²) in [6.45, 7) is 4.53. The van der Waals surface area contributed by atoms with Gasteiger partial charge in [-0.15, -0.1) is 0 Å². The molecule has 0 bridgehead atoms. The molecule has 1 aromatic rings. The molecule has 5 atom stereocenters. The first kappa shape index (κ1) is 15.1. The second-order valence-corrected chi connectivity index (χ2v) is 6.95. The van der Waals surface area contributed by atoms with Crippen molar-refractivity contribution < 1.29 is 9.84 Å². The SMILES string of the molecule is CCC1CCCC(OC2CC(C)c3ccccc3C2O)C1. The Hall–Kier alpha value is -0.860. The van der Waals surface area contributed by atoms with Crippen LogP contribution in [0.15, 0.2) is 24.3 Å². The lowest BCUT2D eigenvalue weighted by molar-refractivity contribution is -0.104. The van der Waals surface area contributed by atoms with E-state index in [0.29, 0.717) is 12.0 Å². The minimum Gasteiger partial charge on any atom is -0.386 e. The van der Waals surface area contributed by atoms with Crippen molar-refractivity contribution in [1.29, 1.82) is 0 Å². The highest BCUT2D eigenvalue weighted by atomic mass is 16.5. The van der Waals surface area contributed by atoms with Gasteiger partial charge in [-0.25, -0.2) is 0 Å². The van der Waals surface area contributed by atoms with Crippen LogP contribution in [-0.2, 0) is 4.74 Å². The molecule has 116 valence electrons. The van der Waals surface area contributed by atoms with E-state index in [0.717, 1.165) is 24.3 Å². The van der Waals surface area contributed by atoms with Gasteiger partial charge in [-0.2, -0.15) is 0 Å². The highest BCUT2D eigenvalue weighted by molar-refractivity contribution is 5.35. The standard InChI is InChI=1S/C19H28O2/c1-3-14-7-6-8-15(12-14)21-18-11-13(2)16-9-4-5-10-17(16)19(18)20/h4-5,9-10,13-15,18-20H,3,6-8,11-12H2,1-2H3. The highest BCUT2D eigenvalue weighted by Gasteiger charge is 2.34. The average molecular weight is 288 g/mol. The van der Waals surface area contributed by atoms with E-state index in [9.17, 15) is 5.11 Å². The number of aliphatic hydroxyl groups excluding tert-OH is 1. The number of hydrogen-bond acceptors (Lipinski definition) is 2. The molecule has 2 nitrogen and oxygen atoms in total. The van der Waals surface area contributed by atoms with Crippen molar-refractivity contribution >= 4 is 0 Å². The Labute approximate surface area is 128 Å². The lowest BCUT2D eigenvalue weighted by atomic mass is 9.80. The summed E-state index contributed by atoms with van der Waals surface area (Å²) in [7, 11) is 0. The Morgan fingerprint density at radius 2 is 1.90 bits per heavy atom. The molecular formula is C19H28O2. The molecule has 5 unspecified atom stereocenters. The van der Waals surface area contributed by atoms with Crippen molar-refractivity contribution in [2.45, 2.75) is 76.6 Å². The van der Waals surface area contributed by atoms with Crippen LogP contribution < -0.4 is 0 Å². The van der Waals surface area contributed by atoms with Gasteiger partial charge in [-0.1, -0.05) is 57.4 Å². The molecule has 1 saturated carbocycles. The van der Waals surface area contributed by atoms with Crippen molar-refractivity contribution in [2.24, 2.45) is 5.92 Å². The van der Waals surface area contributed by atoms with Crippen molar-refractivity contribution in [3.05, 3.63) is 35.4 Å². The quantitative estimate of drug-likeness (QED) is 0.882. The van der Waals surface area contributed by atoms with E-state index < -0.39 is 6.10 Å². The molecule has 0 heterocycles. The van der Waals surface area contributed by atoms with E-state index in [4.69, 9.17) is 4.74 Å². The molecule has 0 aromatic heterocycles. The molecule has 1 aromatic carbocycles. The largest absolute Gasteiger partial charge is 0.386 e. The lowest BCUT2D eigenvalue weighted by Gasteiger charge is -2.38. The van der Waals surface area contributed by atoms with Crippen LogP contribution in [0.3, 0.4) is 0 Å². The van der Waals surface area contributed by atoms with Gasteiger partial charge >= 0.3 is 0 Å². The maximum atomic E-state index is 10.7. The zero-order valence-electron chi connectivity index (χ0n) is 13.3. The first-order valence-electron chi connectivity index (χ1n) is 8.61. The summed E-state index contributed by atoms with van der Waals surface area (Å²) in [4.78, 5) is 0. The van der Waals surface area contributed by atoms with Gasteiger partial charge in [0.25, 0.3) is 0 Å². The molecule has 2 heteroatoms. The van der Waals surface area contributed by atoms with Gasteiger partial charge in [0.1, 0.15) is 6.10 Å². The Morgan fingerprint density at radius 3 is 2.67 bits per heavy atom. The van der Waals surface area contributed by atoms with Crippen LogP contribution in [0, 0.1) is 5.92 Å². The van der Waals surface area contributed by atoms with Crippen LogP contribution in [0.25, 0.3) is 0 Å². The molecule has 2 aliphatic rings. The predicted molar refractivity (Wildman–Crippen MR) is 85.3 cm³/mol. The Bertz CT molecular complexity index is 470. The molecule has 0 spiro atoms. The van der Waals surface area contributed by atoms with E-state index in [1.54, 1.807) is 0 Å². The number of rotatable bonds is 3. The number of benzene rings is 1. The smallest absolute Gasteiger partial charge is 0.105 e. The van der Waals surface area contributed by atoms with Gasteiger partial charge < -0.3 is 9.84 Å². The first-order valence-corrected chi connectivity index (χ1v) is 8.61. The average Bonchev–Trinajstić information content (AvgIpc) is 2.52. The molecule has 0 aliphatic heterocycles. The second-order valence-electron chi connectivity index (χ2n) is 6.95. The minimum atomic E-state index is -0.459. The van der Waals surface area contributed by atoms with E-state index in [-0.39, 0.29) is 6.10 Å². The maximum Gasteiger partial charge on any atom is 0.105 e. The molecule has 1 fully saturated rings. The van der Waals surface area contributed by atoms with Crippen LogP contribution in [0.5, 0.6) is 0 Å². The van der Waals surface area contributed by atoms with E-state index in [2.05, 4.69) is 32.0 Å². The second kappa shape index (κ2) is 6.50. The van der Waals surface area contributed by atoms with Gasteiger partial charge in [-0.3, -0.25) is 0 Å². The summed E-state index contributed by atoms with van der Waals surface area (Å²) in [5.41, 5.74) is 2.36. The molecule has 0 saturated heterocycles. The Balaban J connectivity index is 1.69. The third-order valence-electron chi connectivity index (χ3n) is 5.46. The van der Waals surface area contributed by atoms with Gasteiger partial charge in [-0.05, 0) is 42.2 Å². The molecule has 0 radical (unpaired) electrons. The molecule has 21 heavy (non-hydrogen) atoms. The maximum absolute atomic E-state index is 10.7. The van der Waals surface area contributed by atoms with Crippen LogP contribution in [0.1, 0.15) is 75.5 Å². The first-order chi connectivity index (χ1) is 10.2. The Kier molecular flexibility index (Phi) is 4.66. The monoisotopic (exact) mass is 288 g/mol. The zero-order chi connectivity index (χ0) is 14.8. The summed E-state index contributed by atoms with van der Waals surface area (Å²) >= 11 is 0. The van der Waals surface area contributed by atoms with Gasteiger partial charge in [0.2, 0.25) is 0 Å². The molecule has 0 amide bonds. The van der Waals surface area contributed by atoms with Gasteiger partial charge in [0.15, 0.2) is 0 Å². The fourth-order valence-corrected chi connectivity index (χ4v) is 4.15. The summed E-state index contributed by atoms with van der Waals surface area (Å²) in [5.74, 6) is 1.29. The minimum absolute atomic E-state index is 0.0319. The summed E-state index contributed by atoms with van der Waals surface area (Å²) in [5, 5.41) is 10.7. The van der Waals surface area contributed by atoms with Crippen LogP contribution in [0.2, 0.25) is 0 Å². The zero-order valence-corrected chi connectivity index (χ0v) is 13.3. The van der Waals surface area contributed by atoms with Crippen molar-refractivity contribution in [3.63, 3.8) is 0 Å². The van der Waals surface area contributed by atoms with E-state index >= 15 is 0 Å². The third-order valence-corrected chi connectivity index (χ3v) is 5.46. The lowest BCUT2D eigenvalue weighted by Crippen LogP contribution is -2.35. The molecule has 1 N–H and O–H groups in total. The summed E-state index contributed by atoms with van der Waals surface area (Å²) in [6, 6.07) is 8.29. The normalized spacial score (nSPS) is 36.2. The number of aliphatic hydroxyl groups is 1. The number of hydrogen-bond donors (Lipinski definition) is 1. The summed E-state index contributed by atoms with van der Waals surface area (Å²) < 4.78 is 6.35. The summed E-state index contributed by atoms with van der Waals surface area (Å²) in [6.07, 6.45) is 7.01. The van der Waals surface area contributed by atoms with E-state index in [1.165, 1.54) is 31.2 Å². The fourth-order valence-electron chi connectivity index (χ4n) is 4.15. The topological polar surface area (TPSA) is 29.5 Å². The fraction of sp³-hybridized carbons (Fsp3) is 0.684. The van der Waals surface area contributed by atoms with Crippen LogP contribution in [0.4, 0.5) is 0 Å².